The molecule has 2 saturated heterocycles. The van der Waals surface area contributed by atoms with Crippen LogP contribution in [0.15, 0.2) is 30.5 Å². The fourth-order valence-electron chi connectivity index (χ4n) is 3.98. The third-order valence-corrected chi connectivity index (χ3v) is 5.49. The van der Waals surface area contributed by atoms with E-state index in [4.69, 9.17) is 4.74 Å². The molecule has 28 heavy (non-hydrogen) atoms. The van der Waals surface area contributed by atoms with Gasteiger partial charge in [0.05, 0.1) is 11.7 Å². The summed E-state index contributed by atoms with van der Waals surface area (Å²) in [6.45, 7) is 2.61. The van der Waals surface area contributed by atoms with Crippen LogP contribution in [-0.2, 0) is 20.9 Å². The van der Waals surface area contributed by atoms with Crippen molar-refractivity contribution in [3.05, 3.63) is 36.0 Å². The van der Waals surface area contributed by atoms with Gasteiger partial charge in [-0.2, -0.15) is 0 Å². The highest BCUT2D eigenvalue weighted by atomic mass is 16.5. The number of ether oxygens (including phenoxy) is 1. The van der Waals surface area contributed by atoms with E-state index in [0.29, 0.717) is 30.6 Å². The van der Waals surface area contributed by atoms with Crippen molar-refractivity contribution in [2.45, 2.75) is 38.3 Å². The molecule has 4 rings (SSSR count). The standard InChI is InChI=1S/C21H25N3O4/c25-19(22-12-15-6-5-11-28-15)14-24-13-17(16-7-1-2-8-18(16)24)20(26)21(27)23-9-3-4-10-23/h1-2,7-8,13,15H,3-6,9-12,14H2,(H,22,25)/t15-/m0/s1. The van der Waals surface area contributed by atoms with Crippen molar-refractivity contribution in [1.29, 1.82) is 0 Å². The summed E-state index contributed by atoms with van der Waals surface area (Å²) in [4.78, 5) is 39.4. The maximum atomic E-state index is 12.8. The van der Waals surface area contributed by atoms with Crippen LogP contribution >= 0.6 is 0 Å². The van der Waals surface area contributed by atoms with Gasteiger partial charge in [-0.15, -0.1) is 0 Å². The van der Waals surface area contributed by atoms with Gasteiger partial charge in [-0.1, -0.05) is 18.2 Å². The van der Waals surface area contributed by atoms with Crippen molar-refractivity contribution in [2.24, 2.45) is 0 Å². The molecule has 148 valence electrons. The quantitative estimate of drug-likeness (QED) is 0.609. The number of benzene rings is 1. The van der Waals surface area contributed by atoms with Gasteiger partial charge in [0, 0.05) is 43.3 Å². The normalized spacial score (nSPS) is 19.3. The lowest BCUT2D eigenvalue weighted by Crippen LogP contribution is -2.34. The van der Waals surface area contributed by atoms with Crippen molar-refractivity contribution in [2.75, 3.05) is 26.2 Å². The van der Waals surface area contributed by atoms with Crippen LogP contribution in [-0.4, -0.2) is 59.4 Å². The number of nitrogens with one attached hydrogen (secondary N) is 1. The molecule has 1 aromatic carbocycles. The maximum absolute atomic E-state index is 12.8. The van der Waals surface area contributed by atoms with E-state index in [1.54, 1.807) is 15.7 Å². The lowest BCUT2D eigenvalue weighted by molar-refractivity contribution is -0.125. The Hall–Kier alpha value is -2.67. The van der Waals surface area contributed by atoms with E-state index < -0.39 is 11.7 Å². The number of ketones is 1. The Bertz CT molecular complexity index is 892. The average molecular weight is 383 g/mol. The third-order valence-electron chi connectivity index (χ3n) is 5.49. The van der Waals surface area contributed by atoms with Crippen LogP contribution in [0.3, 0.4) is 0 Å². The highest BCUT2D eigenvalue weighted by Gasteiger charge is 2.28. The molecule has 0 spiro atoms. The van der Waals surface area contributed by atoms with Gasteiger partial charge < -0.3 is 19.5 Å². The topological polar surface area (TPSA) is 80.6 Å². The Morgan fingerprint density at radius 2 is 1.89 bits per heavy atom. The molecule has 0 bridgehead atoms. The van der Waals surface area contributed by atoms with Gasteiger partial charge in [0.25, 0.3) is 11.7 Å². The maximum Gasteiger partial charge on any atom is 0.295 e. The largest absolute Gasteiger partial charge is 0.376 e. The Kier molecular flexibility index (Phi) is 5.43. The minimum Gasteiger partial charge on any atom is -0.376 e. The van der Waals surface area contributed by atoms with Gasteiger partial charge in [0.2, 0.25) is 5.91 Å². The smallest absolute Gasteiger partial charge is 0.295 e. The van der Waals surface area contributed by atoms with E-state index in [-0.39, 0.29) is 18.6 Å². The Balaban J connectivity index is 1.51. The molecule has 0 aliphatic carbocycles. The Labute approximate surface area is 163 Å². The predicted octanol–water partition coefficient (Wildman–Crippen LogP) is 1.74. The molecule has 1 N–H and O–H groups in total. The second kappa shape index (κ2) is 8.14. The number of hydrogen-bond acceptors (Lipinski definition) is 4. The first-order chi connectivity index (χ1) is 13.6. The van der Waals surface area contributed by atoms with E-state index >= 15 is 0 Å². The van der Waals surface area contributed by atoms with Gasteiger partial charge in [0.1, 0.15) is 6.54 Å². The molecule has 2 fully saturated rings. The van der Waals surface area contributed by atoms with Crippen LogP contribution in [0.25, 0.3) is 10.9 Å². The first-order valence-electron chi connectivity index (χ1n) is 9.93. The molecule has 1 aromatic heterocycles. The summed E-state index contributed by atoms with van der Waals surface area (Å²) >= 11 is 0. The number of aromatic nitrogens is 1. The second-order valence-electron chi connectivity index (χ2n) is 7.46. The summed E-state index contributed by atoms with van der Waals surface area (Å²) in [5.41, 5.74) is 1.13. The number of nitrogens with zero attached hydrogens (tertiary/aromatic N) is 2. The number of likely N-dealkylation sites (tertiary alicyclic amines) is 1. The second-order valence-corrected chi connectivity index (χ2v) is 7.46. The van der Waals surface area contributed by atoms with Crippen LogP contribution in [0.1, 0.15) is 36.0 Å². The van der Waals surface area contributed by atoms with Crippen LogP contribution < -0.4 is 5.32 Å². The molecule has 7 nitrogen and oxygen atoms in total. The van der Waals surface area contributed by atoms with Gasteiger partial charge in [-0.25, -0.2) is 0 Å². The fraction of sp³-hybridized carbons (Fsp3) is 0.476. The van der Waals surface area contributed by atoms with Gasteiger partial charge in [-0.05, 0) is 31.7 Å². The molecule has 2 aromatic rings. The molecule has 2 aliphatic rings. The minimum atomic E-state index is -0.503. The monoisotopic (exact) mass is 383 g/mol. The first kappa shape index (κ1) is 18.7. The van der Waals surface area contributed by atoms with E-state index in [2.05, 4.69) is 5.32 Å². The summed E-state index contributed by atoms with van der Waals surface area (Å²) in [6, 6.07) is 7.38. The van der Waals surface area contributed by atoms with Gasteiger partial charge >= 0.3 is 0 Å². The van der Waals surface area contributed by atoms with Crippen LogP contribution in [0.4, 0.5) is 0 Å². The summed E-state index contributed by atoms with van der Waals surface area (Å²) in [6.07, 6.45) is 5.58. The van der Waals surface area contributed by atoms with Crippen molar-refractivity contribution >= 4 is 28.5 Å². The molecule has 0 radical (unpaired) electrons. The number of para-hydroxylation sites is 1. The SMILES string of the molecule is O=C(Cn1cc(C(=O)C(=O)N2CCCC2)c2ccccc21)NC[C@@H]1CCCO1. The molecular weight excluding hydrogens is 358 g/mol. The van der Waals surface area contributed by atoms with Gasteiger partial charge in [0.15, 0.2) is 0 Å². The van der Waals surface area contributed by atoms with E-state index in [9.17, 15) is 14.4 Å². The van der Waals surface area contributed by atoms with E-state index in [0.717, 1.165) is 37.8 Å². The van der Waals surface area contributed by atoms with Crippen molar-refractivity contribution in [3.63, 3.8) is 0 Å². The first-order valence-corrected chi connectivity index (χ1v) is 9.93. The summed E-state index contributed by atoms with van der Waals surface area (Å²) in [5.74, 6) is -1.10. The highest BCUT2D eigenvalue weighted by Crippen LogP contribution is 2.23. The van der Waals surface area contributed by atoms with Gasteiger partial charge in [-0.3, -0.25) is 14.4 Å². The van der Waals surface area contributed by atoms with Crippen molar-refractivity contribution < 1.29 is 19.1 Å². The number of amides is 2. The molecular formula is C21H25N3O4. The summed E-state index contributed by atoms with van der Waals surface area (Å²) in [7, 11) is 0. The number of hydrogen-bond donors (Lipinski definition) is 1. The molecule has 2 amide bonds. The zero-order chi connectivity index (χ0) is 19.5. The Morgan fingerprint density at radius 1 is 1.11 bits per heavy atom. The number of carbonyl (C=O) groups is 3. The zero-order valence-corrected chi connectivity index (χ0v) is 15.9. The number of carbonyl (C=O) groups excluding carboxylic acids is 3. The number of rotatable bonds is 6. The zero-order valence-electron chi connectivity index (χ0n) is 15.9. The minimum absolute atomic E-state index is 0.0839. The van der Waals surface area contributed by atoms with E-state index in [1.807, 2.05) is 24.3 Å². The van der Waals surface area contributed by atoms with Crippen LogP contribution in [0.5, 0.6) is 0 Å². The predicted molar refractivity (Wildman–Crippen MR) is 104 cm³/mol. The lowest BCUT2D eigenvalue weighted by Gasteiger charge is -2.13. The summed E-state index contributed by atoms with van der Waals surface area (Å²) in [5, 5.41) is 3.60. The fourth-order valence-corrected chi connectivity index (χ4v) is 3.98. The highest BCUT2D eigenvalue weighted by molar-refractivity contribution is 6.44. The van der Waals surface area contributed by atoms with Crippen molar-refractivity contribution in [3.8, 4) is 0 Å². The molecule has 3 heterocycles. The lowest BCUT2D eigenvalue weighted by atomic mass is 10.1. The van der Waals surface area contributed by atoms with Crippen LogP contribution in [0.2, 0.25) is 0 Å². The van der Waals surface area contributed by atoms with Crippen LogP contribution in [0, 0.1) is 0 Å². The third kappa shape index (κ3) is 3.80. The van der Waals surface area contributed by atoms with E-state index in [1.165, 1.54) is 0 Å². The molecule has 0 unspecified atom stereocenters. The molecule has 0 saturated carbocycles. The average Bonchev–Trinajstić information content (AvgIpc) is 3.46. The molecule has 2 aliphatic heterocycles. The Morgan fingerprint density at radius 3 is 2.64 bits per heavy atom. The molecule has 1 atom stereocenters. The number of Topliss-reactive ketones (excluding diaryl/α,β-unsaturated/α-hetero) is 1. The molecule has 7 heteroatoms. The van der Waals surface area contributed by atoms with Crippen molar-refractivity contribution in [1.82, 2.24) is 14.8 Å². The summed E-state index contributed by atoms with van der Waals surface area (Å²) < 4.78 is 7.27. The number of fused-ring (bicyclic) bond motifs is 1.